The Hall–Kier alpha value is -18.3. The predicted molar refractivity (Wildman–Crippen MR) is 559 cm³/mol. The molecule has 0 N–H and O–H groups in total. The summed E-state index contributed by atoms with van der Waals surface area (Å²) in [6, 6.07) is 174. The lowest BCUT2D eigenvalue weighted by molar-refractivity contribution is 0.103. The molecular formula is C127H82N8O. The van der Waals surface area contributed by atoms with Gasteiger partial charge in [-0.3, -0.25) is 4.79 Å². The molecule has 0 aliphatic carbocycles. The number of rotatable bonds is 20. The van der Waals surface area contributed by atoms with Crippen LogP contribution in [0.25, 0.3) is 235 Å². The molecule has 4 aromatic heterocycles. The highest BCUT2D eigenvalue weighted by Gasteiger charge is 2.25. The van der Waals surface area contributed by atoms with Gasteiger partial charge in [0.05, 0.1) is 22.1 Å². The largest absolute Gasteiger partial charge is 0.309 e. The van der Waals surface area contributed by atoms with Gasteiger partial charge in [0.15, 0.2) is 40.7 Å². The summed E-state index contributed by atoms with van der Waals surface area (Å²) in [7, 11) is 0. The van der Waals surface area contributed by atoms with E-state index >= 15 is 4.79 Å². The van der Waals surface area contributed by atoms with E-state index in [0.717, 1.165) is 200 Å². The van der Waals surface area contributed by atoms with E-state index in [4.69, 9.17) is 29.9 Å². The van der Waals surface area contributed by atoms with Crippen molar-refractivity contribution < 1.29 is 4.79 Å². The van der Waals surface area contributed by atoms with E-state index in [1.807, 2.05) is 72.8 Å². The molecule has 0 amide bonds. The van der Waals surface area contributed by atoms with Crippen molar-refractivity contribution in [2.45, 2.75) is 0 Å². The van der Waals surface area contributed by atoms with Crippen LogP contribution in [0.2, 0.25) is 0 Å². The molecule has 0 aliphatic rings. The molecule has 9 nitrogen and oxygen atoms in total. The maximum Gasteiger partial charge on any atom is 0.193 e. The number of fused-ring (bicyclic) bond motifs is 6. The van der Waals surface area contributed by atoms with E-state index in [9.17, 15) is 0 Å². The highest BCUT2D eigenvalue weighted by Crippen LogP contribution is 2.46. The second-order valence-corrected chi connectivity index (χ2v) is 34.4. The smallest absolute Gasteiger partial charge is 0.193 e. The van der Waals surface area contributed by atoms with Crippen LogP contribution in [-0.2, 0) is 0 Å². The summed E-state index contributed by atoms with van der Waals surface area (Å²) in [4.78, 5) is 47.3. The highest BCUT2D eigenvalue weighted by atomic mass is 16.1. The van der Waals surface area contributed by atoms with Gasteiger partial charge in [0, 0.05) is 77.4 Å². The number of benzene rings is 20. The second kappa shape index (κ2) is 35.2. The van der Waals surface area contributed by atoms with Crippen molar-refractivity contribution in [3.8, 4) is 191 Å². The zero-order valence-electron chi connectivity index (χ0n) is 73.8. The Morgan fingerprint density at radius 3 is 0.691 bits per heavy atom. The van der Waals surface area contributed by atoms with Gasteiger partial charge in [-0.15, -0.1) is 0 Å². The lowest BCUT2D eigenvalue weighted by atomic mass is 9.93. The van der Waals surface area contributed by atoms with Gasteiger partial charge in [-0.2, -0.15) is 0 Å². The number of para-hydroxylation sites is 2. The Kier molecular flexibility index (Phi) is 20.9. The quantitative estimate of drug-likeness (QED) is 0.0700. The average Bonchev–Trinajstić information content (AvgIpc) is 1.58. The third kappa shape index (κ3) is 15.7. The summed E-state index contributed by atoms with van der Waals surface area (Å²) >= 11 is 0. The van der Waals surface area contributed by atoms with Gasteiger partial charge in [-0.25, -0.2) is 29.9 Å². The molecule has 636 valence electrons. The number of carbonyl (C=O) groups is 1. The van der Waals surface area contributed by atoms with Crippen LogP contribution in [-0.4, -0.2) is 44.8 Å². The van der Waals surface area contributed by atoms with Crippen LogP contribution < -0.4 is 0 Å². The van der Waals surface area contributed by atoms with Crippen LogP contribution in [0.1, 0.15) is 15.9 Å². The van der Waals surface area contributed by atoms with Crippen molar-refractivity contribution in [3.63, 3.8) is 0 Å². The van der Waals surface area contributed by atoms with Crippen LogP contribution in [0.5, 0.6) is 0 Å². The topological polar surface area (TPSA) is 104 Å². The van der Waals surface area contributed by atoms with Crippen molar-refractivity contribution >= 4 is 49.4 Å². The van der Waals surface area contributed by atoms with Crippen LogP contribution in [0.15, 0.2) is 497 Å². The maximum atomic E-state index is 15.4. The Labute approximate surface area is 787 Å². The molecule has 0 fully saturated rings. The Balaban J connectivity index is 0.562. The molecule has 0 aliphatic heterocycles. The van der Waals surface area contributed by atoms with Gasteiger partial charge in [0.1, 0.15) is 0 Å². The van der Waals surface area contributed by atoms with Crippen molar-refractivity contribution in [1.29, 1.82) is 0 Å². The molecule has 136 heavy (non-hydrogen) atoms. The van der Waals surface area contributed by atoms with Crippen molar-refractivity contribution in [3.05, 3.63) is 509 Å². The summed E-state index contributed by atoms with van der Waals surface area (Å²) in [6.45, 7) is 0. The van der Waals surface area contributed by atoms with Gasteiger partial charge in [-0.1, -0.05) is 364 Å². The van der Waals surface area contributed by atoms with Crippen LogP contribution in [0, 0.1) is 0 Å². The molecule has 0 bridgehead atoms. The third-order valence-corrected chi connectivity index (χ3v) is 25.9. The number of aromatic nitrogens is 8. The van der Waals surface area contributed by atoms with E-state index in [0.29, 0.717) is 46.1 Å². The summed E-state index contributed by atoms with van der Waals surface area (Å²) in [6.07, 6.45) is 0. The van der Waals surface area contributed by atoms with E-state index < -0.39 is 0 Å². The molecule has 0 unspecified atom stereocenters. The molecular weight excluding hydrogens is 1650 g/mol. The first-order valence-electron chi connectivity index (χ1n) is 45.9. The summed E-state index contributed by atoms with van der Waals surface area (Å²) in [5.74, 6) is 3.32. The van der Waals surface area contributed by atoms with Gasteiger partial charge >= 0.3 is 0 Å². The minimum atomic E-state index is -0.0779. The molecule has 0 radical (unpaired) electrons. The molecule has 24 aromatic rings. The van der Waals surface area contributed by atoms with Crippen molar-refractivity contribution in [2.75, 3.05) is 0 Å². The van der Waals surface area contributed by atoms with Crippen molar-refractivity contribution in [1.82, 2.24) is 39.0 Å². The number of hydrogen-bond acceptors (Lipinski definition) is 7. The van der Waals surface area contributed by atoms with E-state index in [1.165, 1.54) is 0 Å². The van der Waals surface area contributed by atoms with Crippen LogP contribution >= 0.6 is 0 Å². The predicted octanol–water partition coefficient (Wildman–Crippen LogP) is 32.2. The molecule has 0 atom stereocenters. The fraction of sp³-hybridized carbons (Fsp3) is 0. The number of hydrogen-bond donors (Lipinski definition) is 0. The lowest BCUT2D eigenvalue weighted by Gasteiger charge is -2.13. The van der Waals surface area contributed by atoms with Crippen molar-refractivity contribution in [2.24, 2.45) is 0 Å². The number of carbonyl (C=O) groups excluding carboxylic acids is 1. The van der Waals surface area contributed by atoms with Gasteiger partial charge < -0.3 is 9.13 Å². The van der Waals surface area contributed by atoms with Gasteiger partial charge in [-0.05, 0) is 245 Å². The first-order valence-corrected chi connectivity index (χ1v) is 45.9. The number of ketones is 1. The molecule has 24 rings (SSSR count). The Morgan fingerprint density at radius 2 is 0.375 bits per heavy atom. The molecule has 0 saturated carbocycles. The van der Waals surface area contributed by atoms with E-state index in [1.54, 1.807) is 0 Å². The molecule has 0 saturated heterocycles. The number of nitrogens with zero attached hydrogens (tertiary/aromatic N) is 8. The Bertz CT molecular complexity index is 8080. The van der Waals surface area contributed by atoms with E-state index in [-0.39, 0.29) is 5.78 Å². The van der Waals surface area contributed by atoms with Crippen LogP contribution in [0.4, 0.5) is 0 Å². The summed E-state index contributed by atoms with van der Waals surface area (Å²) < 4.78 is 4.71. The zero-order valence-corrected chi connectivity index (χ0v) is 73.8. The fourth-order valence-corrected chi connectivity index (χ4v) is 19.3. The lowest BCUT2D eigenvalue weighted by Crippen LogP contribution is -2.01. The molecule has 4 heterocycles. The van der Waals surface area contributed by atoms with Gasteiger partial charge in [0.25, 0.3) is 0 Å². The standard InChI is InChI=1S/C127H82N8O/c136-121(97-51-25-45-89(69-97)93-65-67-115-113(81-93)119-111(61-31-63-117(119)134(115)109-57-21-7-22-58-109)95-49-29-55-101(73-95)126-130-122(87-41-17-5-18-42-87)128-124(132-126)99-53-27-47-91(71-99)107-77-103(83-33-9-1-10-34-83)75-104(78-107)84-35-11-2-12-36-84)98-52-26-46-90(70-98)94-66-68-116-114(82-94)120-112(62-32-64-118(120)135(116)110-59-23-8-24-60-110)96-50-30-56-102(74-96)127-131-123(88-43-19-6-20-44-88)129-125(133-127)100-54-28-48-92(72-100)108-79-105(85-37-13-3-14-38-85)76-106(80-108)86-39-15-4-16-40-86/h1-82H. The minimum absolute atomic E-state index is 0.0779. The average molecular weight is 1740 g/mol. The second-order valence-electron chi connectivity index (χ2n) is 34.4. The van der Waals surface area contributed by atoms with E-state index in [2.05, 4.69) is 434 Å². The Morgan fingerprint density at radius 1 is 0.154 bits per heavy atom. The first kappa shape index (κ1) is 81.0. The zero-order chi connectivity index (χ0) is 90.4. The monoisotopic (exact) mass is 1730 g/mol. The summed E-state index contributed by atoms with van der Waals surface area (Å²) in [5.41, 5.74) is 34.0. The summed E-state index contributed by atoms with van der Waals surface area (Å²) in [5, 5.41) is 4.30. The fourth-order valence-electron chi connectivity index (χ4n) is 19.3. The minimum Gasteiger partial charge on any atom is -0.309 e. The maximum absolute atomic E-state index is 15.4. The third-order valence-electron chi connectivity index (χ3n) is 25.9. The van der Waals surface area contributed by atoms with Crippen LogP contribution in [0.3, 0.4) is 0 Å². The molecule has 20 aromatic carbocycles. The molecule has 9 heteroatoms. The molecule has 0 spiro atoms. The first-order chi connectivity index (χ1) is 67.3. The normalized spacial score (nSPS) is 11.4. The SMILES string of the molecule is O=C(c1cccc(-c2ccc3c(c2)c2c(-c4cccc(-c5nc(-c6ccccc6)nc(-c6cccc(-c7cc(-c8ccccc8)cc(-c8ccccc8)c7)c6)n5)c4)cccc2n3-c2ccccc2)c1)c1cccc(-c2ccc3c(c2)c2c(-c4cccc(-c5nc(-c6ccccc6)nc(-c6cccc(-c7cc(-c8ccccc8)cc(-c8ccccc8)c7)c6)n5)c4)cccc2n3-c2ccccc2)c1. The highest BCUT2D eigenvalue weighted by molar-refractivity contribution is 6.19. The van der Waals surface area contributed by atoms with Gasteiger partial charge in [0.2, 0.25) is 0 Å².